The zero-order valence-corrected chi connectivity index (χ0v) is 10.4. The quantitative estimate of drug-likeness (QED) is 0.791. The van der Waals surface area contributed by atoms with Gasteiger partial charge in [0.1, 0.15) is 5.75 Å². The summed E-state index contributed by atoms with van der Waals surface area (Å²) in [6.07, 6.45) is -4.79. The van der Waals surface area contributed by atoms with Crippen molar-refractivity contribution < 1.29 is 22.7 Å². The van der Waals surface area contributed by atoms with Crippen LogP contribution in [0.4, 0.5) is 13.2 Å². The van der Waals surface area contributed by atoms with Gasteiger partial charge in [-0.2, -0.15) is 0 Å². The number of Topliss-reactive ketones (excluding diaryl/α,β-unsaturated/α-hetero) is 1. The van der Waals surface area contributed by atoms with Crippen LogP contribution in [0.5, 0.6) is 5.75 Å². The van der Waals surface area contributed by atoms with Crippen LogP contribution in [0.2, 0.25) is 0 Å². The molecular formula is C15H11F3O2. The standard InChI is InChI=1S/C15H11F3O2/c16-15(17,18)20-14-9-5-4-8-12(14)13(19)10-11-6-2-1-3-7-11/h1-9H,10H2. The molecule has 0 amide bonds. The number of ketones is 1. The Morgan fingerprint density at radius 3 is 2.20 bits per heavy atom. The van der Waals surface area contributed by atoms with Crippen LogP contribution in [0.25, 0.3) is 0 Å². The summed E-state index contributed by atoms with van der Waals surface area (Å²) in [6, 6.07) is 14.2. The monoisotopic (exact) mass is 280 g/mol. The van der Waals surface area contributed by atoms with Gasteiger partial charge in [0.25, 0.3) is 0 Å². The summed E-state index contributed by atoms with van der Waals surface area (Å²) in [7, 11) is 0. The van der Waals surface area contributed by atoms with E-state index in [1.807, 2.05) is 0 Å². The van der Waals surface area contributed by atoms with Crippen LogP contribution in [-0.4, -0.2) is 12.1 Å². The van der Waals surface area contributed by atoms with Crippen molar-refractivity contribution in [1.82, 2.24) is 0 Å². The minimum absolute atomic E-state index is 0.0269. The number of para-hydroxylation sites is 1. The largest absolute Gasteiger partial charge is 0.573 e. The number of benzene rings is 2. The second kappa shape index (κ2) is 5.77. The lowest BCUT2D eigenvalue weighted by Gasteiger charge is -2.12. The van der Waals surface area contributed by atoms with Crippen LogP contribution in [0.15, 0.2) is 54.6 Å². The smallest absolute Gasteiger partial charge is 0.405 e. The second-order valence-corrected chi connectivity index (χ2v) is 4.13. The summed E-state index contributed by atoms with van der Waals surface area (Å²) < 4.78 is 40.7. The molecular weight excluding hydrogens is 269 g/mol. The summed E-state index contributed by atoms with van der Waals surface area (Å²) in [5.41, 5.74) is 0.660. The Bertz CT molecular complexity index is 592. The molecule has 0 bridgehead atoms. The summed E-state index contributed by atoms with van der Waals surface area (Å²) >= 11 is 0. The maximum Gasteiger partial charge on any atom is 0.573 e. The Morgan fingerprint density at radius 1 is 0.950 bits per heavy atom. The Labute approximate surface area is 113 Å². The molecule has 5 heteroatoms. The fraction of sp³-hybridized carbons (Fsp3) is 0.133. The molecule has 2 rings (SSSR count). The Morgan fingerprint density at radius 2 is 1.55 bits per heavy atom. The number of hydrogen-bond donors (Lipinski definition) is 0. The normalized spacial score (nSPS) is 11.2. The van der Waals surface area contributed by atoms with E-state index in [4.69, 9.17) is 0 Å². The van der Waals surface area contributed by atoms with E-state index in [0.717, 1.165) is 11.6 Å². The molecule has 2 aromatic rings. The average Bonchev–Trinajstić information content (AvgIpc) is 2.38. The van der Waals surface area contributed by atoms with E-state index < -0.39 is 17.9 Å². The molecule has 0 aliphatic heterocycles. The third kappa shape index (κ3) is 3.85. The van der Waals surface area contributed by atoms with Crippen molar-refractivity contribution in [2.45, 2.75) is 12.8 Å². The first-order chi connectivity index (χ1) is 9.46. The van der Waals surface area contributed by atoms with Crippen molar-refractivity contribution in [3.63, 3.8) is 0 Å². The average molecular weight is 280 g/mol. The molecule has 0 aliphatic rings. The van der Waals surface area contributed by atoms with Gasteiger partial charge in [-0.15, -0.1) is 13.2 Å². The van der Waals surface area contributed by atoms with E-state index in [-0.39, 0.29) is 12.0 Å². The third-order valence-electron chi connectivity index (χ3n) is 2.62. The van der Waals surface area contributed by atoms with Crippen molar-refractivity contribution in [2.24, 2.45) is 0 Å². The van der Waals surface area contributed by atoms with Gasteiger partial charge in [0.05, 0.1) is 5.56 Å². The molecule has 0 aromatic heterocycles. The summed E-state index contributed by atoms with van der Waals surface area (Å²) in [5.74, 6) is -0.892. The summed E-state index contributed by atoms with van der Waals surface area (Å²) in [4.78, 5) is 12.1. The van der Waals surface area contributed by atoms with Crippen molar-refractivity contribution >= 4 is 5.78 Å². The van der Waals surface area contributed by atoms with Crippen LogP contribution in [0.1, 0.15) is 15.9 Å². The molecule has 0 spiro atoms. The highest BCUT2D eigenvalue weighted by molar-refractivity contribution is 5.99. The van der Waals surface area contributed by atoms with Gasteiger partial charge in [-0.1, -0.05) is 42.5 Å². The van der Waals surface area contributed by atoms with Crippen LogP contribution >= 0.6 is 0 Å². The number of hydrogen-bond acceptors (Lipinski definition) is 2. The van der Waals surface area contributed by atoms with Gasteiger partial charge in [-0.05, 0) is 17.7 Å². The molecule has 0 saturated heterocycles. The van der Waals surface area contributed by atoms with Gasteiger partial charge in [0, 0.05) is 6.42 Å². The van der Waals surface area contributed by atoms with Gasteiger partial charge in [-0.3, -0.25) is 4.79 Å². The third-order valence-corrected chi connectivity index (χ3v) is 2.62. The predicted octanol–water partition coefficient (Wildman–Crippen LogP) is 4.01. The van der Waals surface area contributed by atoms with Crippen LogP contribution in [0.3, 0.4) is 0 Å². The number of carbonyl (C=O) groups excluding carboxylic acids is 1. The van der Waals surface area contributed by atoms with E-state index in [9.17, 15) is 18.0 Å². The van der Waals surface area contributed by atoms with Gasteiger partial charge in [-0.25, -0.2) is 0 Å². The van der Waals surface area contributed by atoms with Crippen molar-refractivity contribution in [2.75, 3.05) is 0 Å². The van der Waals surface area contributed by atoms with E-state index in [1.165, 1.54) is 18.2 Å². The highest BCUT2D eigenvalue weighted by Gasteiger charge is 2.32. The van der Waals surface area contributed by atoms with Crippen molar-refractivity contribution in [3.8, 4) is 5.75 Å². The molecule has 104 valence electrons. The molecule has 0 aliphatic carbocycles. The number of carbonyl (C=O) groups is 1. The van der Waals surface area contributed by atoms with Crippen molar-refractivity contribution in [1.29, 1.82) is 0 Å². The molecule has 0 radical (unpaired) electrons. The fourth-order valence-electron chi connectivity index (χ4n) is 1.79. The zero-order chi connectivity index (χ0) is 14.6. The van der Waals surface area contributed by atoms with Gasteiger partial charge >= 0.3 is 6.36 Å². The molecule has 0 heterocycles. The minimum atomic E-state index is -4.82. The topological polar surface area (TPSA) is 26.3 Å². The van der Waals surface area contributed by atoms with Gasteiger partial charge in [0.2, 0.25) is 0 Å². The Hall–Kier alpha value is -2.30. The first-order valence-electron chi connectivity index (χ1n) is 5.87. The van der Waals surface area contributed by atoms with Gasteiger partial charge < -0.3 is 4.74 Å². The SMILES string of the molecule is O=C(Cc1ccccc1)c1ccccc1OC(F)(F)F. The van der Waals surface area contributed by atoms with Crippen molar-refractivity contribution in [3.05, 3.63) is 65.7 Å². The van der Waals surface area contributed by atoms with E-state index in [0.29, 0.717) is 0 Å². The first kappa shape index (κ1) is 14.1. The number of rotatable bonds is 4. The molecule has 0 saturated carbocycles. The lowest BCUT2D eigenvalue weighted by molar-refractivity contribution is -0.274. The summed E-state index contributed by atoms with van der Waals surface area (Å²) in [6.45, 7) is 0. The fourth-order valence-corrected chi connectivity index (χ4v) is 1.79. The highest BCUT2D eigenvalue weighted by atomic mass is 19.4. The van der Waals surface area contributed by atoms with Gasteiger partial charge in [0.15, 0.2) is 5.78 Å². The number of alkyl halides is 3. The molecule has 2 nitrogen and oxygen atoms in total. The highest BCUT2D eigenvalue weighted by Crippen LogP contribution is 2.27. The molecule has 0 fully saturated rings. The van der Waals surface area contributed by atoms with E-state index >= 15 is 0 Å². The maximum absolute atomic E-state index is 12.3. The molecule has 0 atom stereocenters. The number of ether oxygens (including phenoxy) is 1. The predicted molar refractivity (Wildman–Crippen MR) is 67.6 cm³/mol. The van der Waals surface area contributed by atoms with Crippen LogP contribution in [-0.2, 0) is 6.42 Å². The molecule has 0 unspecified atom stereocenters. The number of halogens is 3. The molecule has 0 N–H and O–H groups in total. The van der Waals surface area contributed by atoms with Crippen LogP contribution < -0.4 is 4.74 Å². The van der Waals surface area contributed by atoms with E-state index in [2.05, 4.69) is 4.74 Å². The second-order valence-electron chi connectivity index (χ2n) is 4.13. The Kier molecular flexibility index (Phi) is 4.08. The first-order valence-corrected chi connectivity index (χ1v) is 5.87. The molecule has 20 heavy (non-hydrogen) atoms. The summed E-state index contributed by atoms with van der Waals surface area (Å²) in [5, 5.41) is 0. The van der Waals surface area contributed by atoms with E-state index in [1.54, 1.807) is 30.3 Å². The van der Waals surface area contributed by atoms with Crippen LogP contribution in [0, 0.1) is 0 Å². The molecule has 2 aromatic carbocycles. The zero-order valence-electron chi connectivity index (χ0n) is 10.4. The maximum atomic E-state index is 12.3. The lowest BCUT2D eigenvalue weighted by Crippen LogP contribution is -2.19. The Balaban J connectivity index is 2.22. The minimum Gasteiger partial charge on any atom is -0.405 e. The lowest BCUT2D eigenvalue weighted by atomic mass is 10.0.